The van der Waals surface area contributed by atoms with Crippen LogP contribution in [-0.2, 0) is 22.6 Å². The minimum absolute atomic E-state index is 0.0614. The molecule has 0 saturated carbocycles. The number of rotatable bonds is 8. The van der Waals surface area contributed by atoms with Gasteiger partial charge in [0.15, 0.2) is 11.5 Å². The quantitative estimate of drug-likeness (QED) is 0.774. The maximum absolute atomic E-state index is 12.0. The molecule has 1 heterocycles. The van der Waals surface area contributed by atoms with E-state index in [9.17, 15) is 9.59 Å². The summed E-state index contributed by atoms with van der Waals surface area (Å²) in [6.45, 7) is 1.11. The van der Waals surface area contributed by atoms with Crippen LogP contribution in [0.15, 0.2) is 48.5 Å². The van der Waals surface area contributed by atoms with Crippen molar-refractivity contribution in [3.05, 3.63) is 59.7 Å². The van der Waals surface area contributed by atoms with Gasteiger partial charge in [0.25, 0.3) is 0 Å². The van der Waals surface area contributed by atoms with Crippen LogP contribution in [0.5, 0.6) is 11.5 Å². The highest BCUT2D eigenvalue weighted by Crippen LogP contribution is 2.30. The van der Waals surface area contributed by atoms with Gasteiger partial charge in [-0.2, -0.15) is 0 Å². The van der Waals surface area contributed by atoms with Crippen LogP contribution in [0.2, 0.25) is 0 Å². The number of nitrogens with zero attached hydrogens (tertiary/aromatic N) is 1. The highest BCUT2D eigenvalue weighted by atomic mass is 16.5. The molecule has 27 heavy (non-hydrogen) atoms. The van der Waals surface area contributed by atoms with Crippen LogP contribution in [0.1, 0.15) is 17.5 Å². The molecule has 1 aliphatic heterocycles. The van der Waals surface area contributed by atoms with Crippen molar-refractivity contribution < 1.29 is 24.2 Å². The molecule has 0 aliphatic carbocycles. The van der Waals surface area contributed by atoms with Gasteiger partial charge in [0.1, 0.15) is 0 Å². The van der Waals surface area contributed by atoms with Crippen LogP contribution in [0.3, 0.4) is 0 Å². The molecule has 1 unspecified atom stereocenters. The monoisotopic (exact) mass is 369 g/mol. The average molecular weight is 369 g/mol. The first kappa shape index (κ1) is 18.8. The van der Waals surface area contributed by atoms with E-state index in [4.69, 9.17) is 14.6 Å². The number of carboxylic acid groups (broad SMARTS) is 1. The van der Waals surface area contributed by atoms with Crippen LogP contribution >= 0.6 is 0 Å². The zero-order valence-electron chi connectivity index (χ0n) is 15.3. The number of likely N-dealkylation sites (tertiary alicyclic amines) is 1. The smallest absolute Gasteiger partial charge is 0.308 e. The third-order valence-corrected chi connectivity index (χ3v) is 4.66. The molecule has 1 amide bonds. The van der Waals surface area contributed by atoms with Crippen LogP contribution in [0.25, 0.3) is 0 Å². The summed E-state index contributed by atoms with van der Waals surface area (Å²) in [6.07, 6.45) is 0.838. The topological polar surface area (TPSA) is 76.1 Å². The molecule has 0 aromatic heterocycles. The van der Waals surface area contributed by atoms with Gasteiger partial charge in [-0.3, -0.25) is 9.59 Å². The van der Waals surface area contributed by atoms with E-state index in [2.05, 4.69) is 12.1 Å². The summed E-state index contributed by atoms with van der Waals surface area (Å²) in [5.74, 6) is -0.442. The Labute approximate surface area is 158 Å². The van der Waals surface area contributed by atoms with Gasteiger partial charge in [-0.05, 0) is 23.3 Å². The molecule has 2 aromatic carbocycles. The average Bonchev–Trinajstić information content (AvgIpc) is 3.04. The van der Waals surface area contributed by atoms with E-state index in [-0.39, 0.29) is 18.9 Å². The number of carbonyl (C=O) groups is 2. The number of carbonyl (C=O) groups excluding carboxylic acids is 1. The van der Waals surface area contributed by atoms with E-state index in [1.807, 2.05) is 36.4 Å². The summed E-state index contributed by atoms with van der Waals surface area (Å²) in [4.78, 5) is 24.7. The second kappa shape index (κ2) is 8.58. The minimum Gasteiger partial charge on any atom is -0.493 e. The number of aliphatic carboxylic acids is 1. The van der Waals surface area contributed by atoms with E-state index in [0.717, 1.165) is 12.0 Å². The molecule has 1 fully saturated rings. The van der Waals surface area contributed by atoms with Crippen molar-refractivity contribution in [3.63, 3.8) is 0 Å². The molecule has 1 N–H and O–H groups in total. The number of methoxy groups -OCH3 is 1. The Morgan fingerprint density at radius 2 is 1.93 bits per heavy atom. The Kier molecular flexibility index (Phi) is 5.96. The van der Waals surface area contributed by atoms with E-state index >= 15 is 0 Å². The summed E-state index contributed by atoms with van der Waals surface area (Å²) < 4.78 is 11.3. The van der Waals surface area contributed by atoms with Crippen molar-refractivity contribution in [2.24, 2.45) is 5.92 Å². The molecule has 142 valence electrons. The zero-order chi connectivity index (χ0) is 19.2. The first-order valence-corrected chi connectivity index (χ1v) is 8.91. The third kappa shape index (κ3) is 4.78. The molecule has 1 aliphatic rings. The van der Waals surface area contributed by atoms with Crippen LogP contribution in [-0.4, -0.2) is 42.1 Å². The molecule has 3 rings (SSSR count). The second-order valence-corrected chi connectivity index (χ2v) is 6.58. The predicted octanol–water partition coefficient (Wildman–Crippen LogP) is 2.75. The lowest BCUT2D eigenvalue weighted by Gasteiger charge is -2.18. The van der Waals surface area contributed by atoms with Crippen molar-refractivity contribution in [2.75, 3.05) is 20.3 Å². The second-order valence-electron chi connectivity index (χ2n) is 6.58. The van der Waals surface area contributed by atoms with Crippen LogP contribution in [0, 0.1) is 5.92 Å². The summed E-state index contributed by atoms with van der Waals surface area (Å²) in [5, 5.41) is 9.10. The Hall–Kier alpha value is -3.02. The van der Waals surface area contributed by atoms with Gasteiger partial charge in [0.05, 0.1) is 19.6 Å². The maximum atomic E-state index is 12.0. The molecule has 0 spiro atoms. The molecular weight excluding hydrogens is 346 g/mol. The third-order valence-electron chi connectivity index (χ3n) is 4.66. The van der Waals surface area contributed by atoms with E-state index in [0.29, 0.717) is 24.7 Å². The number of carboxylic acids is 1. The number of hydrogen-bond acceptors (Lipinski definition) is 4. The fraction of sp³-hybridized carbons (Fsp3) is 0.333. The summed E-state index contributed by atoms with van der Waals surface area (Å²) >= 11 is 0. The SMILES string of the molecule is COc1ccc(CN2CC(C(=O)O)CC2=O)cc1OCCc1ccccc1. The number of amides is 1. The highest BCUT2D eigenvalue weighted by molar-refractivity contribution is 5.86. The molecule has 0 radical (unpaired) electrons. The minimum atomic E-state index is -0.925. The van der Waals surface area contributed by atoms with Crippen molar-refractivity contribution >= 4 is 11.9 Å². The zero-order valence-corrected chi connectivity index (χ0v) is 15.3. The molecule has 6 nitrogen and oxygen atoms in total. The molecule has 1 saturated heterocycles. The van der Waals surface area contributed by atoms with Crippen molar-refractivity contribution in [3.8, 4) is 11.5 Å². The lowest BCUT2D eigenvalue weighted by atomic mass is 10.1. The van der Waals surface area contributed by atoms with Gasteiger partial charge >= 0.3 is 5.97 Å². The van der Waals surface area contributed by atoms with Gasteiger partial charge in [-0.1, -0.05) is 36.4 Å². The van der Waals surface area contributed by atoms with E-state index < -0.39 is 11.9 Å². The fourth-order valence-electron chi connectivity index (χ4n) is 3.17. The van der Waals surface area contributed by atoms with Gasteiger partial charge in [-0.25, -0.2) is 0 Å². The molecular formula is C21H23NO5. The Morgan fingerprint density at radius 3 is 2.59 bits per heavy atom. The number of hydrogen-bond donors (Lipinski definition) is 1. The van der Waals surface area contributed by atoms with Crippen molar-refractivity contribution in [1.29, 1.82) is 0 Å². The standard InChI is InChI=1S/C21H23NO5/c1-26-18-8-7-16(13-22-14-17(21(24)25)12-20(22)23)11-19(18)27-10-9-15-5-3-2-4-6-15/h2-8,11,17H,9-10,12-14H2,1H3,(H,24,25). The number of benzene rings is 2. The van der Waals surface area contributed by atoms with Gasteiger partial charge in [0, 0.05) is 25.9 Å². The molecule has 1 atom stereocenters. The van der Waals surface area contributed by atoms with Crippen LogP contribution in [0.4, 0.5) is 0 Å². The summed E-state index contributed by atoms with van der Waals surface area (Å²) in [7, 11) is 1.58. The van der Waals surface area contributed by atoms with Gasteiger partial charge in [0.2, 0.25) is 5.91 Å². The number of ether oxygens (including phenoxy) is 2. The maximum Gasteiger partial charge on any atom is 0.308 e. The Balaban J connectivity index is 1.64. The van der Waals surface area contributed by atoms with Crippen molar-refractivity contribution in [2.45, 2.75) is 19.4 Å². The Bertz CT molecular complexity index is 805. The van der Waals surface area contributed by atoms with E-state index in [1.54, 1.807) is 12.0 Å². The predicted molar refractivity (Wildman–Crippen MR) is 99.8 cm³/mol. The van der Waals surface area contributed by atoms with Crippen LogP contribution < -0.4 is 9.47 Å². The lowest BCUT2D eigenvalue weighted by molar-refractivity contribution is -0.141. The summed E-state index contributed by atoms with van der Waals surface area (Å²) in [5.41, 5.74) is 2.07. The van der Waals surface area contributed by atoms with Crippen molar-refractivity contribution in [1.82, 2.24) is 4.90 Å². The van der Waals surface area contributed by atoms with Gasteiger partial charge in [-0.15, -0.1) is 0 Å². The highest BCUT2D eigenvalue weighted by Gasteiger charge is 2.34. The summed E-state index contributed by atoms with van der Waals surface area (Å²) in [6, 6.07) is 15.6. The lowest BCUT2D eigenvalue weighted by Crippen LogP contribution is -2.25. The molecule has 2 aromatic rings. The largest absolute Gasteiger partial charge is 0.493 e. The first-order chi connectivity index (χ1) is 13.1. The fourth-order valence-corrected chi connectivity index (χ4v) is 3.17. The normalized spacial score (nSPS) is 16.4. The molecule has 0 bridgehead atoms. The molecule has 6 heteroatoms. The van der Waals surface area contributed by atoms with E-state index in [1.165, 1.54) is 5.56 Å². The van der Waals surface area contributed by atoms with Gasteiger partial charge < -0.3 is 19.5 Å². The first-order valence-electron chi connectivity index (χ1n) is 8.91. The Morgan fingerprint density at radius 1 is 1.15 bits per heavy atom.